The molecule has 0 fully saturated rings. The van der Waals surface area contributed by atoms with Crippen LogP contribution in [0.2, 0.25) is 0 Å². The van der Waals surface area contributed by atoms with Gasteiger partial charge < -0.3 is 10.6 Å². The van der Waals surface area contributed by atoms with Crippen LogP contribution in [0.4, 0.5) is 17.3 Å². The van der Waals surface area contributed by atoms with Gasteiger partial charge in [0.05, 0.1) is 16.8 Å². The summed E-state index contributed by atoms with van der Waals surface area (Å²) in [6.07, 6.45) is 3.38. The first kappa shape index (κ1) is 19.7. The van der Waals surface area contributed by atoms with E-state index in [4.69, 9.17) is 0 Å². The van der Waals surface area contributed by atoms with Crippen molar-refractivity contribution in [1.29, 1.82) is 0 Å². The van der Waals surface area contributed by atoms with Gasteiger partial charge in [-0.1, -0.05) is 17.7 Å². The lowest BCUT2D eigenvalue weighted by molar-refractivity contribution is 0.582. The lowest BCUT2D eigenvalue weighted by Gasteiger charge is -2.11. The van der Waals surface area contributed by atoms with Crippen LogP contribution in [0, 0.1) is 13.8 Å². The van der Waals surface area contributed by atoms with Crippen molar-refractivity contribution in [3.8, 4) is 0 Å². The van der Waals surface area contributed by atoms with Crippen LogP contribution >= 0.6 is 0 Å². The lowest BCUT2D eigenvalue weighted by atomic mass is 10.2. The molecule has 28 heavy (non-hydrogen) atoms. The minimum absolute atomic E-state index is 0.229. The van der Waals surface area contributed by atoms with Gasteiger partial charge in [0, 0.05) is 19.3 Å². The van der Waals surface area contributed by atoms with Crippen molar-refractivity contribution < 1.29 is 8.42 Å². The summed E-state index contributed by atoms with van der Waals surface area (Å²) < 4.78 is 27.4. The number of aryl methyl sites for hydroxylation is 2. The van der Waals surface area contributed by atoms with Gasteiger partial charge in [0.1, 0.15) is 5.82 Å². The number of hydrogen-bond donors (Lipinski definition) is 3. The molecule has 146 valence electrons. The molecule has 3 rings (SSSR count). The third kappa shape index (κ3) is 5.24. The second-order valence-electron chi connectivity index (χ2n) is 6.26. The van der Waals surface area contributed by atoms with Crippen LogP contribution < -0.4 is 15.4 Å². The summed E-state index contributed by atoms with van der Waals surface area (Å²) >= 11 is 0. The molecule has 0 bridgehead atoms. The van der Waals surface area contributed by atoms with Crippen LogP contribution in [0.3, 0.4) is 0 Å². The van der Waals surface area contributed by atoms with Crippen LogP contribution in [0.1, 0.15) is 11.1 Å². The van der Waals surface area contributed by atoms with Gasteiger partial charge in [0.25, 0.3) is 0 Å². The third-order valence-corrected chi connectivity index (χ3v) is 5.56. The maximum absolute atomic E-state index is 12.4. The van der Waals surface area contributed by atoms with Gasteiger partial charge in [-0.25, -0.2) is 13.1 Å². The molecule has 9 heteroatoms. The Hall–Kier alpha value is -3.04. The second-order valence-corrected chi connectivity index (χ2v) is 8.00. The number of benzene rings is 1. The highest BCUT2D eigenvalue weighted by Crippen LogP contribution is 2.16. The highest BCUT2D eigenvalue weighted by molar-refractivity contribution is 7.89. The standard InChI is InChI=1S/C19H22N6O2S/c1-14-5-6-17(15(2)12-14)28(26,27)22-11-10-21-18-7-8-19(25-24-18)23-16-4-3-9-20-13-16/h3-9,12-13,22H,10-11H2,1-2H3,(H,21,24)(H,23,25). The molecule has 0 radical (unpaired) electrons. The van der Waals surface area contributed by atoms with Crippen molar-refractivity contribution in [2.24, 2.45) is 0 Å². The molecule has 0 aliphatic rings. The Morgan fingerprint density at radius 3 is 2.43 bits per heavy atom. The first-order valence-electron chi connectivity index (χ1n) is 8.76. The molecule has 0 saturated heterocycles. The van der Waals surface area contributed by atoms with Crippen molar-refractivity contribution in [3.05, 3.63) is 66.0 Å². The van der Waals surface area contributed by atoms with Gasteiger partial charge in [-0.2, -0.15) is 0 Å². The van der Waals surface area contributed by atoms with E-state index in [-0.39, 0.29) is 6.54 Å². The van der Waals surface area contributed by atoms with Gasteiger partial charge in [0.2, 0.25) is 10.0 Å². The maximum atomic E-state index is 12.4. The van der Waals surface area contributed by atoms with Gasteiger partial charge in [0.15, 0.2) is 5.82 Å². The van der Waals surface area contributed by atoms with Crippen LogP contribution in [-0.2, 0) is 10.0 Å². The highest BCUT2D eigenvalue weighted by atomic mass is 32.2. The fourth-order valence-electron chi connectivity index (χ4n) is 2.63. The monoisotopic (exact) mass is 398 g/mol. The van der Waals surface area contributed by atoms with E-state index < -0.39 is 10.0 Å². The predicted molar refractivity (Wildman–Crippen MR) is 109 cm³/mol. The van der Waals surface area contributed by atoms with E-state index in [1.165, 1.54) is 0 Å². The Kier molecular flexibility index (Phi) is 6.17. The summed E-state index contributed by atoms with van der Waals surface area (Å²) in [7, 11) is -3.55. The van der Waals surface area contributed by atoms with E-state index in [0.717, 1.165) is 16.8 Å². The first-order valence-corrected chi connectivity index (χ1v) is 10.2. The number of pyridine rings is 1. The van der Waals surface area contributed by atoms with Crippen LogP contribution in [-0.4, -0.2) is 36.7 Å². The van der Waals surface area contributed by atoms with Crippen molar-refractivity contribution in [1.82, 2.24) is 19.9 Å². The van der Waals surface area contributed by atoms with E-state index in [1.54, 1.807) is 43.6 Å². The molecule has 3 aromatic rings. The largest absolute Gasteiger partial charge is 0.367 e. The first-order chi connectivity index (χ1) is 13.4. The fraction of sp³-hybridized carbons (Fsp3) is 0.211. The van der Waals surface area contributed by atoms with Gasteiger partial charge in [-0.15, -0.1) is 10.2 Å². The molecule has 0 saturated carbocycles. The SMILES string of the molecule is Cc1ccc(S(=O)(=O)NCCNc2ccc(Nc3cccnc3)nn2)c(C)c1. The fourth-order valence-corrected chi connectivity index (χ4v) is 3.89. The Morgan fingerprint density at radius 1 is 0.964 bits per heavy atom. The number of hydrogen-bond acceptors (Lipinski definition) is 7. The van der Waals surface area contributed by atoms with Crippen molar-refractivity contribution in [3.63, 3.8) is 0 Å². The summed E-state index contributed by atoms with van der Waals surface area (Å²) in [5.74, 6) is 1.15. The zero-order valence-electron chi connectivity index (χ0n) is 15.7. The molecule has 0 spiro atoms. The minimum Gasteiger partial charge on any atom is -0.367 e. The predicted octanol–water partition coefficient (Wildman–Crippen LogP) is 2.62. The summed E-state index contributed by atoms with van der Waals surface area (Å²) in [4.78, 5) is 4.32. The second kappa shape index (κ2) is 8.77. The molecule has 0 amide bonds. The van der Waals surface area contributed by atoms with Crippen molar-refractivity contribution >= 4 is 27.3 Å². The molecule has 0 aliphatic carbocycles. The number of sulfonamides is 1. The molecule has 0 atom stereocenters. The van der Waals surface area contributed by atoms with E-state index >= 15 is 0 Å². The smallest absolute Gasteiger partial charge is 0.240 e. The Labute approximate surface area is 164 Å². The summed E-state index contributed by atoms with van der Waals surface area (Å²) in [5, 5.41) is 14.3. The van der Waals surface area contributed by atoms with E-state index in [2.05, 4.69) is 30.5 Å². The topological polar surface area (TPSA) is 109 Å². The maximum Gasteiger partial charge on any atom is 0.240 e. The number of rotatable bonds is 8. The summed E-state index contributed by atoms with van der Waals surface area (Å²) in [6.45, 7) is 4.33. The minimum atomic E-state index is -3.55. The molecule has 2 aromatic heterocycles. The highest BCUT2D eigenvalue weighted by Gasteiger charge is 2.15. The van der Waals surface area contributed by atoms with Crippen molar-refractivity contribution in [2.75, 3.05) is 23.7 Å². The van der Waals surface area contributed by atoms with Crippen LogP contribution in [0.5, 0.6) is 0 Å². The number of anilines is 3. The lowest BCUT2D eigenvalue weighted by Crippen LogP contribution is -2.29. The molecule has 8 nitrogen and oxygen atoms in total. The van der Waals surface area contributed by atoms with E-state index in [1.807, 2.05) is 25.1 Å². The molecular formula is C19H22N6O2S. The molecule has 1 aromatic carbocycles. The normalized spacial score (nSPS) is 11.2. The molecule has 0 aliphatic heterocycles. The van der Waals surface area contributed by atoms with E-state index in [0.29, 0.717) is 23.1 Å². The summed E-state index contributed by atoms with van der Waals surface area (Å²) in [5.41, 5.74) is 2.57. The molecule has 2 heterocycles. The zero-order chi connectivity index (χ0) is 20.0. The molecular weight excluding hydrogens is 376 g/mol. The number of nitrogens with zero attached hydrogens (tertiary/aromatic N) is 3. The molecule has 3 N–H and O–H groups in total. The third-order valence-electron chi connectivity index (χ3n) is 3.94. The number of nitrogens with one attached hydrogen (secondary N) is 3. The average molecular weight is 398 g/mol. The van der Waals surface area contributed by atoms with Crippen LogP contribution in [0.15, 0.2) is 59.8 Å². The van der Waals surface area contributed by atoms with Crippen molar-refractivity contribution in [2.45, 2.75) is 18.7 Å². The van der Waals surface area contributed by atoms with E-state index in [9.17, 15) is 8.42 Å². The Morgan fingerprint density at radius 2 is 1.75 bits per heavy atom. The molecule has 0 unspecified atom stereocenters. The van der Waals surface area contributed by atoms with Crippen LogP contribution in [0.25, 0.3) is 0 Å². The van der Waals surface area contributed by atoms with Gasteiger partial charge in [-0.05, 0) is 49.7 Å². The Balaban J connectivity index is 1.49. The van der Waals surface area contributed by atoms with Gasteiger partial charge in [-0.3, -0.25) is 4.98 Å². The number of aromatic nitrogens is 3. The van der Waals surface area contributed by atoms with Gasteiger partial charge >= 0.3 is 0 Å². The average Bonchev–Trinajstić information content (AvgIpc) is 2.67. The zero-order valence-corrected chi connectivity index (χ0v) is 16.5. The summed E-state index contributed by atoms with van der Waals surface area (Å²) in [6, 6.07) is 12.5. The Bertz CT molecular complexity index is 1020. The quantitative estimate of drug-likeness (QED) is 0.501.